The average molecular weight is 168 g/mol. The Labute approximate surface area is 72.9 Å². The van der Waals surface area contributed by atoms with E-state index in [9.17, 15) is 4.79 Å². The Kier molecular flexibility index (Phi) is 1.74. The Hall–Kier alpha value is -0.730. The molecule has 0 aromatic rings. The minimum Gasteiger partial charge on any atom is -0.341 e. The Morgan fingerprint density at radius 3 is 2.58 bits per heavy atom. The predicted molar refractivity (Wildman–Crippen MR) is 46.8 cm³/mol. The van der Waals surface area contributed by atoms with Gasteiger partial charge in [0.2, 0.25) is 0 Å². The van der Waals surface area contributed by atoms with Gasteiger partial charge in [-0.15, -0.1) is 0 Å². The fraction of sp³-hybridized carbons (Fsp3) is 0.889. The number of hydrogen-bond donors (Lipinski definition) is 2. The largest absolute Gasteiger partial charge is 0.341 e. The molecule has 0 radical (unpaired) electrons. The molecule has 3 heteroatoms. The number of urea groups is 1. The summed E-state index contributed by atoms with van der Waals surface area (Å²) < 4.78 is 0. The van der Waals surface area contributed by atoms with E-state index >= 15 is 0 Å². The summed E-state index contributed by atoms with van der Waals surface area (Å²) in [6.45, 7) is 0.886. The van der Waals surface area contributed by atoms with Crippen LogP contribution in [0.25, 0.3) is 0 Å². The molecule has 0 aliphatic heterocycles. The quantitative estimate of drug-likeness (QED) is 0.651. The van der Waals surface area contributed by atoms with E-state index in [-0.39, 0.29) is 6.03 Å². The van der Waals surface area contributed by atoms with Crippen molar-refractivity contribution in [3.05, 3.63) is 0 Å². The molecule has 12 heavy (non-hydrogen) atoms. The van der Waals surface area contributed by atoms with Crippen molar-refractivity contribution in [2.45, 2.75) is 25.7 Å². The molecule has 68 valence electrons. The molecule has 0 unspecified atom stereocenters. The summed E-state index contributed by atoms with van der Waals surface area (Å²) in [5.74, 6) is 0.926. The van der Waals surface area contributed by atoms with Crippen molar-refractivity contribution in [2.75, 3.05) is 13.6 Å². The van der Waals surface area contributed by atoms with E-state index in [1.807, 2.05) is 0 Å². The third-order valence-corrected chi connectivity index (χ3v) is 3.16. The van der Waals surface area contributed by atoms with E-state index < -0.39 is 0 Å². The zero-order valence-electron chi connectivity index (χ0n) is 7.52. The minimum absolute atomic E-state index is 0.0399. The molecular formula is C9H16N2O. The fourth-order valence-corrected chi connectivity index (χ4v) is 1.93. The Morgan fingerprint density at radius 1 is 1.50 bits per heavy atom. The lowest BCUT2D eigenvalue weighted by Crippen LogP contribution is -2.37. The molecular weight excluding hydrogens is 152 g/mol. The molecule has 0 spiro atoms. The van der Waals surface area contributed by atoms with E-state index in [1.165, 1.54) is 25.7 Å². The summed E-state index contributed by atoms with van der Waals surface area (Å²) in [6.07, 6.45) is 5.41. The molecule has 2 N–H and O–H groups in total. The molecule has 0 atom stereocenters. The van der Waals surface area contributed by atoms with Crippen LogP contribution >= 0.6 is 0 Å². The Morgan fingerprint density at radius 2 is 2.17 bits per heavy atom. The van der Waals surface area contributed by atoms with Gasteiger partial charge in [0.05, 0.1) is 0 Å². The first-order chi connectivity index (χ1) is 5.77. The number of nitrogens with one attached hydrogen (secondary N) is 2. The number of rotatable bonds is 3. The molecule has 2 amide bonds. The lowest BCUT2D eigenvalue weighted by molar-refractivity contribution is 0.239. The maximum atomic E-state index is 10.9. The van der Waals surface area contributed by atoms with Crippen LogP contribution in [0, 0.1) is 11.3 Å². The summed E-state index contributed by atoms with van der Waals surface area (Å²) in [7, 11) is 1.66. The number of carbonyl (C=O) groups excluding carboxylic acids is 1. The van der Waals surface area contributed by atoms with Crippen LogP contribution in [-0.4, -0.2) is 19.6 Å². The van der Waals surface area contributed by atoms with Gasteiger partial charge >= 0.3 is 6.03 Å². The maximum Gasteiger partial charge on any atom is 0.314 e. The highest BCUT2D eigenvalue weighted by Gasteiger charge is 2.53. The third-order valence-electron chi connectivity index (χ3n) is 3.16. The van der Waals surface area contributed by atoms with Crippen LogP contribution < -0.4 is 10.6 Å². The smallest absolute Gasteiger partial charge is 0.314 e. The van der Waals surface area contributed by atoms with Crippen molar-refractivity contribution in [1.82, 2.24) is 10.6 Å². The van der Waals surface area contributed by atoms with Crippen LogP contribution in [0.1, 0.15) is 25.7 Å². The van der Waals surface area contributed by atoms with Gasteiger partial charge in [0.1, 0.15) is 0 Å². The van der Waals surface area contributed by atoms with Crippen molar-refractivity contribution in [1.29, 1.82) is 0 Å². The lowest BCUT2D eigenvalue weighted by atomic mass is 10.0. The summed E-state index contributed by atoms with van der Waals surface area (Å²) >= 11 is 0. The number of amides is 2. The first-order valence-electron chi connectivity index (χ1n) is 4.72. The van der Waals surface area contributed by atoms with Gasteiger partial charge in [-0.25, -0.2) is 4.79 Å². The zero-order valence-corrected chi connectivity index (χ0v) is 7.52. The standard InChI is InChI=1S/C9H16N2O/c1-10-8(12)11-6-9(4-5-9)7-2-3-7/h7H,2-6H2,1H3,(H2,10,11,12). The van der Waals surface area contributed by atoms with Crippen molar-refractivity contribution >= 4 is 6.03 Å². The topological polar surface area (TPSA) is 41.1 Å². The van der Waals surface area contributed by atoms with E-state index in [0.29, 0.717) is 5.41 Å². The van der Waals surface area contributed by atoms with Crippen LogP contribution in [0.5, 0.6) is 0 Å². The van der Waals surface area contributed by atoms with E-state index in [2.05, 4.69) is 10.6 Å². The van der Waals surface area contributed by atoms with Gasteiger partial charge in [-0.05, 0) is 37.0 Å². The van der Waals surface area contributed by atoms with Gasteiger partial charge in [0.15, 0.2) is 0 Å². The van der Waals surface area contributed by atoms with Crippen molar-refractivity contribution < 1.29 is 4.79 Å². The lowest BCUT2D eigenvalue weighted by Gasteiger charge is -2.14. The van der Waals surface area contributed by atoms with E-state index in [0.717, 1.165) is 12.5 Å². The van der Waals surface area contributed by atoms with Gasteiger partial charge in [-0.2, -0.15) is 0 Å². The summed E-state index contributed by atoms with van der Waals surface area (Å²) in [6, 6.07) is -0.0399. The van der Waals surface area contributed by atoms with Crippen LogP contribution in [0.2, 0.25) is 0 Å². The highest BCUT2D eigenvalue weighted by molar-refractivity contribution is 5.73. The second-order valence-electron chi connectivity index (χ2n) is 4.07. The molecule has 0 saturated heterocycles. The predicted octanol–water partition coefficient (Wildman–Crippen LogP) is 1.11. The zero-order chi connectivity index (χ0) is 8.60. The molecule has 0 heterocycles. The summed E-state index contributed by atoms with van der Waals surface area (Å²) in [5, 5.41) is 5.48. The molecule has 0 aromatic heterocycles. The fourth-order valence-electron chi connectivity index (χ4n) is 1.93. The van der Waals surface area contributed by atoms with Crippen LogP contribution in [0.4, 0.5) is 4.79 Å². The highest BCUT2D eigenvalue weighted by Crippen LogP contribution is 2.60. The minimum atomic E-state index is -0.0399. The van der Waals surface area contributed by atoms with Crippen LogP contribution in [-0.2, 0) is 0 Å². The van der Waals surface area contributed by atoms with Crippen LogP contribution in [0.3, 0.4) is 0 Å². The Balaban J connectivity index is 1.75. The van der Waals surface area contributed by atoms with E-state index in [1.54, 1.807) is 7.05 Å². The van der Waals surface area contributed by atoms with Crippen molar-refractivity contribution in [3.63, 3.8) is 0 Å². The molecule has 2 aliphatic rings. The Bertz CT molecular complexity index is 195. The van der Waals surface area contributed by atoms with Gasteiger partial charge in [0, 0.05) is 13.6 Å². The second kappa shape index (κ2) is 2.64. The molecule has 2 saturated carbocycles. The van der Waals surface area contributed by atoms with Crippen molar-refractivity contribution in [2.24, 2.45) is 11.3 Å². The maximum absolute atomic E-state index is 10.9. The van der Waals surface area contributed by atoms with Gasteiger partial charge in [-0.1, -0.05) is 0 Å². The second-order valence-corrected chi connectivity index (χ2v) is 4.07. The molecule has 2 fully saturated rings. The summed E-state index contributed by atoms with van der Waals surface area (Å²) in [5.41, 5.74) is 0.520. The monoisotopic (exact) mass is 168 g/mol. The normalized spacial score (nSPS) is 24.8. The van der Waals surface area contributed by atoms with Gasteiger partial charge in [0.25, 0.3) is 0 Å². The third kappa shape index (κ3) is 1.40. The molecule has 2 rings (SSSR count). The highest BCUT2D eigenvalue weighted by atomic mass is 16.2. The molecule has 0 aromatic carbocycles. The molecule has 3 nitrogen and oxygen atoms in total. The van der Waals surface area contributed by atoms with E-state index in [4.69, 9.17) is 0 Å². The number of carbonyl (C=O) groups is 1. The molecule has 2 aliphatic carbocycles. The van der Waals surface area contributed by atoms with Gasteiger partial charge in [-0.3, -0.25) is 0 Å². The first kappa shape index (κ1) is 7.90. The number of hydrogen-bond acceptors (Lipinski definition) is 1. The van der Waals surface area contributed by atoms with Gasteiger partial charge < -0.3 is 10.6 Å². The average Bonchev–Trinajstić information content (AvgIpc) is 2.88. The molecule has 0 bridgehead atoms. The SMILES string of the molecule is CNC(=O)NCC1(C2CC2)CC1. The van der Waals surface area contributed by atoms with Crippen molar-refractivity contribution in [3.8, 4) is 0 Å². The summed E-state index contributed by atoms with van der Waals surface area (Å²) in [4.78, 5) is 10.9. The van der Waals surface area contributed by atoms with Crippen LogP contribution in [0.15, 0.2) is 0 Å². The first-order valence-corrected chi connectivity index (χ1v) is 4.72.